The van der Waals surface area contributed by atoms with Crippen molar-refractivity contribution in [3.05, 3.63) is 29.3 Å². The van der Waals surface area contributed by atoms with Gasteiger partial charge in [0.25, 0.3) is 0 Å². The molecule has 0 atom stereocenters. The van der Waals surface area contributed by atoms with Gasteiger partial charge in [-0.25, -0.2) is 4.79 Å². The summed E-state index contributed by atoms with van der Waals surface area (Å²) in [5.41, 5.74) is 3.86. The number of anilines is 1. The fourth-order valence-electron chi connectivity index (χ4n) is 2.58. The number of aryl methyl sites for hydroxylation is 2. The third-order valence-electron chi connectivity index (χ3n) is 3.66. The number of carbonyl (C=O) groups is 1. The molecule has 1 fully saturated rings. The first kappa shape index (κ1) is 13.7. The smallest absolute Gasteiger partial charge is 0.317 e. The minimum absolute atomic E-state index is 0.0664. The largest absolute Gasteiger partial charge is 0.370 e. The zero-order valence-corrected chi connectivity index (χ0v) is 12.1. The van der Waals surface area contributed by atoms with Crippen molar-refractivity contribution in [2.45, 2.75) is 20.8 Å². The summed E-state index contributed by atoms with van der Waals surface area (Å²) in [7, 11) is 0. The van der Waals surface area contributed by atoms with Crippen molar-refractivity contribution in [2.24, 2.45) is 0 Å². The number of nitrogens with one attached hydrogen (secondary N) is 1. The number of nitrogens with zero attached hydrogens (tertiary/aromatic N) is 2. The molecule has 1 N–H and O–H groups in total. The number of amides is 2. The Balaban J connectivity index is 2.01. The summed E-state index contributed by atoms with van der Waals surface area (Å²) >= 11 is 0. The number of benzene rings is 1. The maximum absolute atomic E-state index is 11.5. The molecule has 0 aromatic heterocycles. The van der Waals surface area contributed by atoms with Crippen LogP contribution >= 0.6 is 0 Å². The summed E-state index contributed by atoms with van der Waals surface area (Å²) in [6.07, 6.45) is 0. The van der Waals surface area contributed by atoms with E-state index >= 15 is 0 Å². The van der Waals surface area contributed by atoms with Crippen LogP contribution in [-0.4, -0.2) is 43.7 Å². The zero-order chi connectivity index (χ0) is 13.8. The van der Waals surface area contributed by atoms with E-state index in [0.717, 1.165) is 32.7 Å². The molecule has 0 bridgehead atoms. The highest BCUT2D eigenvalue weighted by molar-refractivity contribution is 5.76. The molecule has 2 amide bonds. The highest BCUT2D eigenvalue weighted by Crippen LogP contribution is 2.20. The SMILES string of the molecule is CCN(CCN1CCNC1=O)c1ccc(C)cc1C. The molecule has 0 unspecified atom stereocenters. The van der Waals surface area contributed by atoms with Crippen LogP contribution in [-0.2, 0) is 0 Å². The normalized spacial score (nSPS) is 14.7. The third-order valence-corrected chi connectivity index (χ3v) is 3.66. The number of hydrogen-bond acceptors (Lipinski definition) is 2. The molecule has 1 aromatic carbocycles. The molecule has 1 aliphatic rings. The van der Waals surface area contributed by atoms with Crippen molar-refractivity contribution in [2.75, 3.05) is 37.6 Å². The Morgan fingerprint density at radius 1 is 1.37 bits per heavy atom. The number of urea groups is 1. The second-order valence-corrected chi connectivity index (χ2v) is 5.09. The molecule has 0 aliphatic carbocycles. The van der Waals surface area contributed by atoms with Gasteiger partial charge in [0.1, 0.15) is 0 Å². The van der Waals surface area contributed by atoms with E-state index in [2.05, 4.69) is 49.2 Å². The van der Waals surface area contributed by atoms with Crippen molar-refractivity contribution in [3.63, 3.8) is 0 Å². The highest BCUT2D eigenvalue weighted by atomic mass is 16.2. The van der Waals surface area contributed by atoms with E-state index < -0.39 is 0 Å². The molecule has 1 aromatic rings. The number of hydrogen-bond donors (Lipinski definition) is 1. The van der Waals surface area contributed by atoms with Crippen LogP contribution in [0.4, 0.5) is 10.5 Å². The monoisotopic (exact) mass is 261 g/mol. The van der Waals surface area contributed by atoms with Gasteiger partial charge >= 0.3 is 6.03 Å². The fraction of sp³-hybridized carbons (Fsp3) is 0.533. The number of carbonyl (C=O) groups excluding carboxylic acids is 1. The van der Waals surface area contributed by atoms with E-state index in [1.54, 1.807) is 0 Å². The van der Waals surface area contributed by atoms with E-state index in [0.29, 0.717) is 0 Å². The van der Waals surface area contributed by atoms with E-state index in [9.17, 15) is 4.79 Å². The molecule has 4 nitrogen and oxygen atoms in total. The van der Waals surface area contributed by atoms with Gasteiger partial charge in [-0.05, 0) is 32.4 Å². The molecule has 1 heterocycles. The van der Waals surface area contributed by atoms with Crippen molar-refractivity contribution in [1.29, 1.82) is 0 Å². The van der Waals surface area contributed by atoms with Gasteiger partial charge in [0.05, 0.1) is 0 Å². The van der Waals surface area contributed by atoms with Crippen LogP contribution in [0.5, 0.6) is 0 Å². The van der Waals surface area contributed by atoms with Gasteiger partial charge in [-0.2, -0.15) is 0 Å². The van der Waals surface area contributed by atoms with Crippen LogP contribution in [0.3, 0.4) is 0 Å². The zero-order valence-electron chi connectivity index (χ0n) is 12.1. The van der Waals surface area contributed by atoms with E-state index in [1.807, 2.05) is 4.90 Å². The molecule has 19 heavy (non-hydrogen) atoms. The third kappa shape index (κ3) is 3.19. The van der Waals surface area contributed by atoms with Crippen LogP contribution in [0.15, 0.2) is 18.2 Å². The summed E-state index contributed by atoms with van der Waals surface area (Å²) in [6, 6.07) is 6.60. The van der Waals surface area contributed by atoms with Gasteiger partial charge in [0.15, 0.2) is 0 Å². The minimum atomic E-state index is 0.0664. The average Bonchev–Trinajstić information content (AvgIpc) is 2.78. The Labute approximate surface area is 115 Å². The quantitative estimate of drug-likeness (QED) is 0.881. The van der Waals surface area contributed by atoms with E-state index in [1.165, 1.54) is 16.8 Å². The van der Waals surface area contributed by atoms with Crippen LogP contribution in [0.2, 0.25) is 0 Å². The number of likely N-dealkylation sites (N-methyl/N-ethyl adjacent to an activating group) is 1. The first-order valence-corrected chi connectivity index (χ1v) is 6.96. The Morgan fingerprint density at radius 3 is 2.74 bits per heavy atom. The van der Waals surface area contributed by atoms with Crippen LogP contribution in [0.25, 0.3) is 0 Å². The lowest BCUT2D eigenvalue weighted by molar-refractivity contribution is 0.218. The van der Waals surface area contributed by atoms with E-state index in [-0.39, 0.29) is 6.03 Å². The molecule has 1 aliphatic heterocycles. The predicted octanol–water partition coefficient (Wildman–Crippen LogP) is 2.15. The van der Waals surface area contributed by atoms with Crippen LogP contribution < -0.4 is 10.2 Å². The van der Waals surface area contributed by atoms with Gasteiger partial charge in [-0.1, -0.05) is 17.7 Å². The van der Waals surface area contributed by atoms with Gasteiger partial charge < -0.3 is 15.1 Å². The first-order chi connectivity index (χ1) is 9.11. The van der Waals surface area contributed by atoms with Gasteiger partial charge in [0, 0.05) is 38.4 Å². The van der Waals surface area contributed by atoms with Crippen molar-refractivity contribution in [1.82, 2.24) is 10.2 Å². The maximum Gasteiger partial charge on any atom is 0.317 e. The Bertz CT molecular complexity index is 459. The molecule has 4 heteroatoms. The molecule has 104 valence electrons. The standard InChI is InChI=1S/C15H23N3O/c1-4-17(9-10-18-8-7-16-15(18)19)14-6-5-12(2)11-13(14)3/h5-6,11H,4,7-10H2,1-3H3,(H,16,19). The van der Waals surface area contributed by atoms with E-state index in [4.69, 9.17) is 0 Å². The van der Waals surface area contributed by atoms with Crippen molar-refractivity contribution in [3.8, 4) is 0 Å². The van der Waals surface area contributed by atoms with Crippen LogP contribution in [0.1, 0.15) is 18.1 Å². The Morgan fingerprint density at radius 2 is 2.16 bits per heavy atom. The van der Waals surface area contributed by atoms with Crippen LogP contribution in [0, 0.1) is 13.8 Å². The highest BCUT2D eigenvalue weighted by Gasteiger charge is 2.19. The minimum Gasteiger partial charge on any atom is -0.370 e. The fourth-order valence-corrected chi connectivity index (χ4v) is 2.58. The molecule has 0 saturated carbocycles. The van der Waals surface area contributed by atoms with Crippen molar-refractivity contribution >= 4 is 11.7 Å². The lowest BCUT2D eigenvalue weighted by atomic mass is 10.1. The maximum atomic E-state index is 11.5. The van der Waals surface area contributed by atoms with Gasteiger partial charge in [-0.15, -0.1) is 0 Å². The Hall–Kier alpha value is -1.71. The predicted molar refractivity (Wildman–Crippen MR) is 78.8 cm³/mol. The molecule has 0 spiro atoms. The Kier molecular flexibility index (Phi) is 4.30. The summed E-state index contributed by atoms with van der Waals surface area (Å²) in [6.45, 7) is 10.6. The summed E-state index contributed by atoms with van der Waals surface area (Å²) < 4.78 is 0. The number of rotatable bonds is 5. The summed E-state index contributed by atoms with van der Waals surface area (Å²) in [4.78, 5) is 15.7. The summed E-state index contributed by atoms with van der Waals surface area (Å²) in [5, 5.41) is 2.84. The second kappa shape index (κ2) is 5.95. The average molecular weight is 261 g/mol. The second-order valence-electron chi connectivity index (χ2n) is 5.09. The van der Waals surface area contributed by atoms with Gasteiger partial charge in [-0.3, -0.25) is 0 Å². The van der Waals surface area contributed by atoms with Gasteiger partial charge in [0.2, 0.25) is 0 Å². The molecule has 1 saturated heterocycles. The topological polar surface area (TPSA) is 35.6 Å². The lowest BCUT2D eigenvalue weighted by Gasteiger charge is -2.27. The summed E-state index contributed by atoms with van der Waals surface area (Å²) in [5.74, 6) is 0. The first-order valence-electron chi connectivity index (χ1n) is 6.96. The lowest BCUT2D eigenvalue weighted by Crippen LogP contribution is -2.37. The van der Waals surface area contributed by atoms with Crippen molar-refractivity contribution < 1.29 is 4.79 Å². The molecular weight excluding hydrogens is 238 g/mol. The molecule has 2 rings (SSSR count). The molecule has 0 radical (unpaired) electrons. The molecular formula is C15H23N3O.